The van der Waals surface area contributed by atoms with Crippen LogP contribution < -0.4 is 10.2 Å². The molecule has 0 bridgehead atoms. The van der Waals surface area contributed by atoms with Crippen molar-refractivity contribution in [3.05, 3.63) is 52.5 Å². The third-order valence-electron chi connectivity index (χ3n) is 3.37. The quantitative estimate of drug-likeness (QED) is 0.642. The van der Waals surface area contributed by atoms with E-state index in [9.17, 15) is 4.79 Å². The van der Waals surface area contributed by atoms with Crippen LogP contribution in [0.5, 0.6) is 0 Å². The van der Waals surface area contributed by atoms with Gasteiger partial charge in [0.05, 0.1) is 24.0 Å². The molecule has 0 spiro atoms. The number of halogens is 1. The first-order valence-electron chi connectivity index (χ1n) is 7.50. The van der Waals surface area contributed by atoms with Gasteiger partial charge in [0.25, 0.3) is 16.6 Å². The first kappa shape index (κ1) is 17.4. The summed E-state index contributed by atoms with van der Waals surface area (Å²) >= 11 is 11.2. The molecule has 2 aromatic heterocycles. The zero-order chi connectivity index (χ0) is 17.8. The van der Waals surface area contributed by atoms with E-state index in [1.165, 1.54) is 10.9 Å². The van der Waals surface area contributed by atoms with E-state index in [0.29, 0.717) is 29.0 Å². The van der Waals surface area contributed by atoms with E-state index in [0.717, 1.165) is 4.90 Å². The molecule has 0 aliphatic carbocycles. The largest absolute Gasteiger partial charge is 0.459 e. The average Bonchev–Trinajstić information content (AvgIpc) is 3.20. The summed E-state index contributed by atoms with van der Waals surface area (Å²) in [5.41, 5.74) is 0.583. The van der Waals surface area contributed by atoms with Gasteiger partial charge in [0.15, 0.2) is 19.0 Å². The molecule has 2 N–H and O–H groups in total. The lowest BCUT2D eigenvalue weighted by atomic mass is 10.3. The summed E-state index contributed by atoms with van der Waals surface area (Å²) in [5.74, 6) is 0.647. The normalized spacial score (nSPS) is 12.1. The highest BCUT2D eigenvalue weighted by Crippen LogP contribution is 2.20. The van der Waals surface area contributed by atoms with Crippen molar-refractivity contribution in [1.82, 2.24) is 9.78 Å². The molecule has 7 nitrogen and oxygen atoms in total. The highest BCUT2D eigenvalue weighted by molar-refractivity contribution is 7.71. The summed E-state index contributed by atoms with van der Waals surface area (Å²) in [6, 6.07) is 10.6. The lowest BCUT2D eigenvalue weighted by molar-refractivity contribution is -0.895. The summed E-state index contributed by atoms with van der Waals surface area (Å²) in [6.07, 6.45) is 1.53. The first-order valence-corrected chi connectivity index (χ1v) is 8.29. The molecule has 2 heterocycles. The van der Waals surface area contributed by atoms with Crippen LogP contribution in [-0.2, 0) is 11.5 Å². The molecule has 0 saturated heterocycles. The van der Waals surface area contributed by atoms with Gasteiger partial charge in [-0.05, 0) is 36.5 Å². The minimum atomic E-state index is -0.160. The fourth-order valence-corrected chi connectivity index (χ4v) is 2.62. The number of para-hydroxylation sites is 1. The number of anilines is 1. The molecule has 0 saturated carbocycles. The Morgan fingerprint density at radius 1 is 1.36 bits per heavy atom. The molecular weight excluding hydrogens is 364 g/mol. The van der Waals surface area contributed by atoms with E-state index in [1.54, 1.807) is 30.3 Å². The van der Waals surface area contributed by atoms with Crippen molar-refractivity contribution in [2.45, 2.75) is 6.67 Å². The SMILES string of the molecule is C[NH+](CC(=O)Nc1ccccc1Cl)Cn1nc(-c2ccco2)oc1=S. The van der Waals surface area contributed by atoms with E-state index >= 15 is 0 Å². The van der Waals surface area contributed by atoms with Crippen molar-refractivity contribution in [3.8, 4) is 11.7 Å². The van der Waals surface area contributed by atoms with Gasteiger partial charge in [-0.15, -0.1) is 5.10 Å². The Labute approximate surface area is 153 Å². The van der Waals surface area contributed by atoms with Crippen LogP contribution >= 0.6 is 23.8 Å². The summed E-state index contributed by atoms with van der Waals surface area (Å²) < 4.78 is 12.2. The fraction of sp³-hybridized carbons (Fsp3) is 0.188. The number of carbonyl (C=O) groups is 1. The minimum absolute atomic E-state index is 0.160. The summed E-state index contributed by atoms with van der Waals surface area (Å²) in [6.45, 7) is 0.592. The second-order valence-corrected chi connectivity index (χ2v) is 6.23. The number of likely N-dealkylation sites (N-methyl/N-ethyl adjacent to an activating group) is 1. The van der Waals surface area contributed by atoms with E-state index in [-0.39, 0.29) is 17.3 Å². The maximum absolute atomic E-state index is 12.2. The topological polar surface area (TPSA) is 77.6 Å². The zero-order valence-corrected chi connectivity index (χ0v) is 14.9. The smallest absolute Gasteiger partial charge is 0.292 e. The molecule has 0 aliphatic heterocycles. The number of carbonyl (C=O) groups excluding carboxylic acids is 1. The van der Waals surface area contributed by atoms with E-state index in [1.807, 2.05) is 13.1 Å². The molecule has 25 heavy (non-hydrogen) atoms. The molecule has 3 rings (SSSR count). The summed E-state index contributed by atoms with van der Waals surface area (Å²) in [5, 5.41) is 7.55. The molecule has 0 radical (unpaired) electrons. The number of aromatic nitrogens is 2. The van der Waals surface area contributed by atoms with E-state index in [4.69, 9.17) is 32.7 Å². The van der Waals surface area contributed by atoms with Gasteiger partial charge in [-0.3, -0.25) is 4.79 Å². The predicted molar refractivity (Wildman–Crippen MR) is 94.9 cm³/mol. The Morgan fingerprint density at radius 2 is 2.16 bits per heavy atom. The van der Waals surface area contributed by atoms with Crippen LogP contribution in [0.3, 0.4) is 0 Å². The molecule has 1 unspecified atom stereocenters. The Bertz CT molecular complexity index is 920. The van der Waals surface area contributed by atoms with Crippen LogP contribution in [0, 0.1) is 4.84 Å². The Hall–Kier alpha value is -2.42. The Morgan fingerprint density at radius 3 is 2.88 bits per heavy atom. The second kappa shape index (κ2) is 7.64. The number of nitrogens with zero attached hydrogens (tertiary/aromatic N) is 2. The summed E-state index contributed by atoms with van der Waals surface area (Å²) in [4.78, 5) is 13.3. The van der Waals surface area contributed by atoms with E-state index in [2.05, 4.69) is 10.4 Å². The molecule has 1 aromatic carbocycles. The van der Waals surface area contributed by atoms with Crippen LogP contribution in [0.15, 0.2) is 51.5 Å². The van der Waals surface area contributed by atoms with Crippen LogP contribution in [0.4, 0.5) is 5.69 Å². The number of quaternary nitrogens is 1. The van der Waals surface area contributed by atoms with Crippen molar-refractivity contribution >= 4 is 35.4 Å². The molecule has 9 heteroatoms. The number of benzene rings is 1. The van der Waals surface area contributed by atoms with Gasteiger partial charge >= 0.3 is 0 Å². The second-order valence-electron chi connectivity index (χ2n) is 5.47. The lowest BCUT2D eigenvalue weighted by Gasteiger charge is -2.13. The van der Waals surface area contributed by atoms with Crippen molar-refractivity contribution in [2.24, 2.45) is 0 Å². The van der Waals surface area contributed by atoms with Gasteiger partial charge in [-0.1, -0.05) is 23.7 Å². The van der Waals surface area contributed by atoms with Crippen molar-refractivity contribution < 1.29 is 18.5 Å². The lowest BCUT2D eigenvalue weighted by Crippen LogP contribution is -3.09. The van der Waals surface area contributed by atoms with Crippen molar-refractivity contribution in [3.63, 3.8) is 0 Å². The number of hydrogen-bond donors (Lipinski definition) is 2. The van der Waals surface area contributed by atoms with Crippen LogP contribution in [0.2, 0.25) is 5.02 Å². The van der Waals surface area contributed by atoms with Gasteiger partial charge in [0.1, 0.15) is 0 Å². The highest BCUT2D eigenvalue weighted by Gasteiger charge is 2.16. The third kappa shape index (κ3) is 4.36. The molecule has 0 aliphatic rings. The maximum atomic E-state index is 12.2. The number of amides is 1. The number of rotatable bonds is 6. The first-order chi connectivity index (χ1) is 12.0. The van der Waals surface area contributed by atoms with Gasteiger partial charge in [0, 0.05) is 0 Å². The molecular formula is C16H16ClN4O3S+. The fourth-order valence-electron chi connectivity index (χ4n) is 2.25. The van der Waals surface area contributed by atoms with Gasteiger partial charge in [-0.2, -0.15) is 4.68 Å². The van der Waals surface area contributed by atoms with E-state index < -0.39 is 0 Å². The van der Waals surface area contributed by atoms with Gasteiger partial charge < -0.3 is 19.1 Å². The molecule has 1 atom stereocenters. The van der Waals surface area contributed by atoms with Crippen LogP contribution in [-0.4, -0.2) is 29.3 Å². The minimum Gasteiger partial charge on any atom is -0.459 e. The van der Waals surface area contributed by atoms with Gasteiger partial charge in [0.2, 0.25) is 0 Å². The molecule has 3 aromatic rings. The Kier molecular flexibility index (Phi) is 5.32. The number of hydrogen-bond acceptors (Lipinski definition) is 5. The van der Waals surface area contributed by atoms with Crippen molar-refractivity contribution in [1.29, 1.82) is 0 Å². The number of nitrogens with one attached hydrogen (secondary N) is 2. The zero-order valence-electron chi connectivity index (χ0n) is 13.4. The third-order valence-corrected chi connectivity index (χ3v) is 3.99. The van der Waals surface area contributed by atoms with Crippen molar-refractivity contribution in [2.75, 3.05) is 18.9 Å². The monoisotopic (exact) mass is 379 g/mol. The molecule has 0 fully saturated rings. The predicted octanol–water partition coefficient (Wildman–Crippen LogP) is 2.23. The highest BCUT2D eigenvalue weighted by atomic mass is 35.5. The number of furan rings is 1. The maximum Gasteiger partial charge on any atom is 0.292 e. The average molecular weight is 380 g/mol. The molecule has 1 amide bonds. The summed E-state index contributed by atoms with van der Waals surface area (Å²) in [7, 11) is 1.86. The van der Waals surface area contributed by atoms with Crippen LogP contribution in [0.25, 0.3) is 11.7 Å². The standard InChI is InChI=1S/C16H15ClN4O3S/c1-20(9-14(22)18-12-6-3-2-5-11(12)17)10-21-16(25)24-15(19-21)13-7-4-8-23-13/h2-8H,9-10H2,1H3,(H,18,22)/p+1. The molecule has 130 valence electrons. The van der Waals surface area contributed by atoms with Gasteiger partial charge in [-0.25, -0.2) is 0 Å². The van der Waals surface area contributed by atoms with Crippen LogP contribution in [0.1, 0.15) is 0 Å². The Balaban J connectivity index is 1.61.